The number of non-ortho nitro benzene ring substituents is 1. The fourth-order valence-electron chi connectivity index (χ4n) is 2.40. The molecule has 1 aliphatic rings. The molecule has 1 unspecified atom stereocenters. The highest BCUT2D eigenvalue weighted by Crippen LogP contribution is 2.29. The molecule has 1 aromatic rings. The minimum Gasteiger partial charge on any atom is -0.465 e. The molecule has 1 amide bonds. The van der Waals surface area contributed by atoms with Crippen LogP contribution in [0.15, 0.2) is 24.3 Å². The van der Waals surface area contributed by atoms with E-state index in [1.54, 1.807) is 19.1 Å². The number of rotatable bonds is 5. The Labute approximate surface area is 121 Å². The van der Waals surface area contributed by atoms with E-state index in [1.807, 2.05) is 0 Å². The zero-order valence-electron chi connectivity index (χ0n) is 11.7. The number of amides is 1. The maximum Gasteiger partial charge on any atom is 0.325 e. The molecule has 112 valence electrons. The van der Waals surface area contributed by atoms with Gasteiger partial charge in [0.1, 0.15) is 6.54 Å². The number of nitrogens with zero attached hydrogens (tertiary/aromatic N) is 2. The lowest BCUT2D eigenvalue weighted by atomic mass is 9.97. The van der Waals surface area contributed by atoms with E-state index >= 15 is 0 Å². The van der Waals surface area contributed by atoms with E-state index < -0.39 is 10.9 Å². The minimum absolute atomic E-state index is 0.00687. The Hall–Kier alpha value is -2.44. The molecule has 0 spiro atoms. The maximum atomic E-state index is 12.2. The number of hydrogen-bond acceptors (Lipinski definition) is 5. The van der Waals surface area contributed by atoms with Crippen LogP contribution < -0.4 is 0 Å². The van der Waals surface area contributed by atoms with Crippen LogP contribution in [0.5, 0.6) is 0 Å². The summed E-state index contributed by atoms with van der Waals surface area (Å²) >= 11 is 0. The molecule has 0 aromatic heterocycles. The van der Waals surface area contributed by atoms with Crippen LogP contribution in [0.1, 0.15) is 24.8 Å². The molecule has 7 nitrogen and oxygen atoms in total. The van der Waals surface area contributed by atoms with Crippen LogP contribution in [-0.2, 0) is 14.3 Å². The van der Waals surface area contributed by atoms with Crippen molar-refractivity contribution in [3.05, 3.63) is 39.9 Å². The van der Waals surface area contributed by atoms with Gasteiger partial charge in [-0.05, 0) is 18.9 Å². The molecule has 1 aliphatic heterocycles. The minimum atomic E-state index is -0.479. The Balaban J connectivity index is 2.04. The quantitative estimate of drug-likeness (QED) is 0.466. The van der Waals surface area contributed by atoms with Crippen LogP contribution in [0.4, 0.5) is 5.69 Å². The van der Waals surface area contributed by atoms with E-state index in [0.29, 0.717) is 13.0 Å². The number of nitro groups is 1. The fourth-order valence-corrected chi connectivity index (χ4v) is 2.40. The molecule has 0 N–H and O–H groups in total. The van der Waals surface area contributed by atoms with E-state index in [9.17, 15) is 19.7 Å². The summed E-state index contributed by atoms with van der Waals surface area (Å²) < 4.78 is 4.83. The van der Waals surface area contributed by atoms with Gasteiger partial charge in [-0.2, -0.15) is 0 Å². The van der Waals surface area contributed by atoms with E-state index in [-0.39, 0.29) is 30.7 Å². The van der Waals surface area contributed by atoms with Crippen molar-refractivity contribution in [3.8, 4) is 0 Å². The lowest BCUT2D eigenvalue weighted by Crippen LogP contribution is -2.33. The molecule has 7 heteroatoms. The molecule has 0 aliphatic carbocycles. The van der Waals surface area contributed by atoms with Gasteiger partial charge in [-0.1, -0.05) is 12.1 Å². The Morgan fingerprint density at radius 2 is 2.10 bits per heavy atom. The highest BCUT2D eigenvalue weighted by atomic mass is 16.6. The Kier molecular flexibility index (Phi) is 4.52. The van der Waals surface area contributed by atoms with Crippen molar-refractivity contribution in [2.45, 2.75) is 19.3 Å². The lowest BCUT2D eigenvalue weighted by Gasteiger charge is -2.15. The second kappa shape index (κ2) is 6.34. The van der Waals surface area contributed by atoms with Crippen LogP contribution in [0, 0.1) is 10.1 Å². The Bertz CT molecular complexity index is 555. The van der Waals surface area contributed by atoms with Crippen molar-refractivity contribution in [1.29, 1.82) is 0 Å². The van der Waals surface area contributed by atoms with Crippen molar-refractivity contribution in [1.82, 2.24) is 4.90 Å². The van der Waals surface area contributed by atoms with E-state index in [2.05, 4.69) is 0 Å². The second-order valence-electron chi connectivity index (χ2n) is 4.75. The average molecular weight is 292 g/mol. The number of benzene rings is 1. The predicted octanol–water partition coefficient (Wildman–Crippen LogP) is 1.47. The summed E-state index contributed by atoms with van der Waals surface area (Å²) in [5.74, 6) is -0.910. The summed E-state index contributed by atoms with van der Waals surface area (Å²) in [7, 11) is 0. The van der Waals surface area contributed by atoms with Gasteiger partial charge in [-0.25, -0.2) is 0 Å². The van der Waals surface area contributed by atoms with Crippen molar-refractivity contribution in [3.63, 3.8) is 0 Å². The zero-order valence-corrected chi connectivity index (χ0v) is 11.7. The van der Waals surface area contributed by atoms with Gasteiger partial charge in [0.05, 0.1) is 17.4 Å². The second-order valence-corrected chi connectivity index (χ2v) is 4.75. The summed E-state index contributed by atoms with van der Waals surface area (Å²) in [6.45, 7) is 2.44. The van der Waals surface area contributed by atoms with Crippen molar-refractivity contribution < 1.29 is 19.2 Å². The van der Waals surface area contributed by atoms with Gasteiger partial charge >= 0.3 is 5.97 Å². The number of ether oxygens (including phenoxy) is 1. The Morgan fingerprint density at radius 3 is 2.67 bits per heavy atom. The number of likely N-dealkylation sites (tertiary alicyclic amines) is 1. The molecule has 21 heavy (non-hydrogen) atoms. The van der Waals surface area contributed by atoms with Crippen LogP contribution in [0.3, 0.4) is 0 Å². The van der Waals surface area contributed by atoms with Gasteiger partial charge in [0.2, 0.25) is 5.91 Å². The summed E-state index contributed by atoms with van der Waals surface area (Å²) in [4.78, 5) is 35.3. The van der Waals surface area contributed by atoms with E-state index in [0.717, 1.165) is 5.56 Å². The summed E-state index contributed by atoms with van der Waals surface area (Å²) in [6.07, 6.45) is 0.593. The summed E-state index contributed by atoms with van der Waals surface area (Å²) in [5, 5.41) is 10.6. The highest BCUT2D eigenvalue weighted by molar-refractivity contribution is 5.88. The highest BCUT2D eigenvalue weighted by Gasteiger charge is 2.34. The smallest absolute Gasteiger partial charge is 0.325 e. The molecular formula is C14H16N2O5. The monoisotopic (exact) mass is 292 g/mol. The number of nitro benzene ring substituents is 1. The first-order valence-electron chi connectivity index (χ1n) is 6.71. The van der Waals surface area contributed by atoms with Gasteiger partial charge in [0, 0.05) is 18.7 Å². The topological polar surface area (TPSA) is 89.8 Å². The fraction of sp³-hybridized carbons (Fsp3) is 0.429. The third-order valence-electron chi connectivity index (χ3n) is 3.43. The first-order chi connectivity index (χ1) is 10.0. The molecule has 1 saturated heterocycles. The van der Waals surface area contributed by atoms with Crippen molar-refractivity contribution in [2.75, 3.05) is 19.7 Å². The molecule has 1 aromatic carbocycles. The normalized spacial score (nSPS) is 17.9. The van der Waals surface area contributed by atoms with Crippen LogP contribution >= 0.6 is 0 Å². The number of carbonyl (C=O) groups excluding carboxylic acids is 2. The summed E-state index contributed by atoms with van der Waals surface area (Å²) in [5.41, 5.74) is 0.726. The lowest BCUT2D eigenvalue weighted by molar-refractivity contribution is -0.384. The van der Waals surface area contributed by atoms with Gasteiger partial charge in [-0.3, -0.25) is 19.7 Å². The Morgan fingerprint density at radius 1 is 1.43 bits per heavy atom. The largest absolute Gasteiger partial charge is 0.465 e. The van der Waals surface area contributed by atoms with E-state index in [4.69, 9.17) is 4.74 Å². The third-order valence-corrected chi connectivity index (χ3v) is 3.43. The van der Waals surface area contributed by atoms with Gasteiger partial charge in [0.25, 0.3) is 5.69 Å². The van der Waals surface area contributed by atoms with Crippen LogP contribution in [-0.4, -0.2) is 41.4 Å². The van der Waals surface area contributed by atoms with Gasteiger partial charge in [0.15, 0.2) is 0 Å². The molecule has 0 saturated carbocycles. The van der Waals surface area contributed by atoms with Crippen LogP contribution in [0.25, 0.3) is 0 Å². The number of carbonyl (C=O) groups is 2. The maximum absolute atomic E-state index is 12.2. The van der Waals surface area contributed by atoms with E-state index in [1.165, 1.54) is 17.0 Å². The molecule has 0 bridgehead atoms. The predicted molar refractivity (Wildman–Crippen MR) is 73.7 cm³/mol. The first-order valence-corrected chi connectivity index (χ1v) is 6.71. The standard InChI is InChI=1S/C14H16N2O5/c1-2-21-13(17)9-15-8-7-12(14(15)18)10-3-5-11(6-4-10)16(19)20/h3-6,12H,2,7-9H2,1H3. The third kappa shape index (κ3) is 3.36. The first kappa shape index (κ1) is 15.0. The molecule has 1 heterocycles. The molecule has 0 radical (unpaired) electrons. The average Bonchev–Trinajstić information content (AvgIpc) is 2.80. The van der Waals surface area contributed by atoms with Gasteiger partial charge in [-0.15, -0.1) is 0 Å². The number of esters is 1. The van der Waals surface area contributed by atoms with Gasteiger partial charge < -0.3 is 9.64 Å². The van der Waals surface area contributed by atoms with Crippen molar-refractivity contribution >= 4 is 17.6 Å². The summed E-state index contributed by atoms with van der Waals surface area (Å²) in [6, 6.07) is 5.95. The van der Waals surface area contributed by atoms with Crippen molar-refractivity contribution in [2.24, 2.45) is 0 Å². The number of hydrogen-bond donors (Lipinski definition) is 0. The molecule has 1 fully saturated rings. The van der Waals surface area contributed by atoms with Crippen LogP contribution in [0.2, 0.25) is 0 Å². The SMILES string of the molecule is CCOC(=O)CN1CCC(c2ccc([N+](=O)[O-])cc2)C1=O. The zero-order chi connectivity index (χ0) is 15.4. The molecule has 1 atom stereocenters. The molecule has 2 rings (SSSR count). The molecular weight excluding hydrogens is 276 g/mol.